The maximum absolute atomic E-state index is 12.4. The zero-order valence-corrected chi connectivity index (χ0v) is 21.6. The SMILES string of the molecule is CCNC(=NCc1ccc(OC)c(OC)c1)NCCCCN1C(=O)c2ccccc2C1=O.I. The number of imide groups is 1. The predicted molar refractivity (Wildman–Crippen MR) is 139 cm³/mol. The van der Waals surface area contributed by atoms with E-state index in [0.29, 0.717) is 54.6 Å². The van der Waals surface area contributed by atoms with Gasteiger partial charge < -0.3 is 20.1 Å². The van der Waals surface area contributed by atoms with Crippen molar-refractivity contribution in [1.29, 1.82) is 0 Å². The highest BCUT2D eigenvalue weighted by Crippen LogP contribution is 2.27. The molecule has 0 radical (unpaired) electrons. The molecule has 0 unspecified atom stereocenters. The van der Waals surface area contributed by atoms with Crippen LogP contribution in [-0.4, -0.2) is 56.5 Å². The summed E-state index contributed by atoms with van der Waals surface area (Å²) in [4.78, 5) is 30.8. The number of hydrogen-bond acceptors (Lipinski definition) is 5. The summed E-state index contributed by atoms with van der Waals surface area (Å²) in [5.74, 6) is 1.66. The Hall–Kier alpha value is -2.82. The summed E-state index contributed by atoms with van der Waals surface area (Å²) in [6, 6.07) is 12.7. The number of ether oxygens (including phenoxy) is 2. The molecule has 2 amide bonds. The third-order valence-electron chi connectivity index (χ3n) is 5.19. The van der Waals surface area contributed by atoms with E-state index in [1.165, 1.54) is 4.90 Å². The molecule has 0 aromatic heterocycles. The monoisotopic (exact) mass is 566 g/mol. The second kappa shape index (κ2) is 13.0. The lowest BCUT2D eigenvalue weighted by Crippen LogP contribution is -2.38. The highest BCUT2D eigenvalue weighted by molar-refractivity contribution is 14.0. The van der Waals surface area contributed by atoms with Crippen molar-refractivity contribution >= 4 is 41.8 Å². The van der Waals surface area contributed by atoms with Crippen LogP contribution in [0.25, 0.3) is 0 Å². The van der Waals surface area contributed by atoms with Crippen molar-refractivity contribution in [3.05, 3.63) is 59.2 Å². The Balaban J connectivity index is 0.00000385. The molecule has 3 rings (SSSR count). The first kappa shape index (κ1) is 26.4. The van der Waals surface area contributed by atoms with Crippen LogP contribution in [-0.2, 0) is 6.54 Å². The van der Waals surface area contributed by atoms with E-state index in [4.69, 9.17) is 9.47 Å². The number of amides is 2. The lowest BCUT2D eigenvalue weighted by atomic mass is 10.1. The van der Waals surface area contributed by atoms with Crippen LogP contribution >= 0.6 is 24.0 Å². The first-order chi connectivity index (χ1) is 15.6. The quantitative estimate of drug-likeness (QED) is 0.151. The van der Waals surface area contributed by atoms with Gasteiger partial charge in [-0.2, -0.15) is 0 Å². The number of carbonyl (C=O) groups excluding carboxylic acids is 2. The predicted octanol–water partition coefficient (Wildman–Crippen LogP) is 3.45. The van der Waals surface area contributed by atoms with Crippen LogP contribution in [0.3, 0.4) is 0 Å². The summed E-state index contributed by atoms with van der Waals surface area (Å²) >= 11 is 0. The Morgan fingerprint density at radius 2 is 1.61 bits per heavy atom. The van der Waals surface area contributed by atoms with Gasteiger partial charge in [0.1, 0.15) is 0 Å². The molecule has 8 nitrogen and oxygen atoms in total. The molecule has 0 saturated carbocycles. The minimum absolute atomic E-state index is 0. The number of nitrogens with zero attached hydrogens (tertiary/aromatic N) is 2. The van der Waals surface area contributed by atoms with Gasteiger partial charge in [0.25, 0.3) is 11.8 Å². The van der Waals surface area contributed by atoms with E-state index in [9.17, 15) is 9.59 Å². The fraction of sp³-hybridized carbons (Fsp3) is 0.375. The van der Waals surface area contributed by atoms with Crippen molar-refractivity contribution in [3.63, 3.8) is 0 Å². The summed E-state index contributed by atoms with van der Waals surface area (Å²) in [6.45, 7) is 4.34. The second-order valence-corrected chi connectivity index (χ2v) is 7.33. The van der Waals surface area contributed by atoms with Gasteiger partial charge in [-0.1, -0.05) is 18.2 Å². The summed E-state index contributed by atoms with van der Waals surface area (Å²) in [5, 5.41) is 6.53. The molecule has 178 valence electrons. The van der Waals surface area contributed by atoms with Crippen LogP contribution in [0.2, 0.25) is 0 Å². The topological polar surface area (TPSA) is 92.3 Å². The number of methoxy groups -OCH3 is 2. The van der Waals surface area contributed by atoms with Crippen LogP contribution < -0.4 is 20.1 Å². The van der Waals surface area contributed by atoms with Crippen LogP contribution in [0.5, 0.6) is 11.5 Å². The molecule has 0 bridgehead atoms. The van der Waals surface area contributed by atoms with E-state index in [-0.39, 0.29) is 35.8 Å². The normalized spacial score (nSPS) is 12.8. The summed E-state index contributed by atoms with van der Waals surface area (Å²) in [5.41, 5.74) is 1.99. The zero-order chi connectivity index (χ0) is 22.9. The minimum atomic E-state index is -0.205. The van der Waals surface area contributed by atoms with E-state index in [1.54, 1.807) is 38.5 Å². The molecule has 2 N–H and O–H groups in total. The number of aliphatic imine (C=N–C) groups is 1. The Kier molecular flexibility index (Phi) is 10.4. The van der Waals surface area contributed by atoms with E-state index in [2.05, 4.69) is 15.6 Å². The standard InChI is InChI=1S/C24H30N4O4.HI/c1-4-25-24(27-16-17-11-12-20(31-2)21(15-17)32-3)26-13-7-8-14-28-22(29)18-9-5-6-10-19(18)23(28)30;/h5-6,9-12,15H,4,7-8,13-14,16H2,1-3H3,(H2,25,26,27);1H. The van der Waals surface area contributed by atoms with Gasteiger partial charge in [-0.15, -0.1) is 24.0 Å². The van der Waals surface area contributed by atoms with Crippen LogP contribution in [0, 0.1) is 0 Å². The molecule has 1 aliphatic rings. The zero-order valence-electron chi connectivity index (χ0n) is 19.2. The minimum Gasteiger partial charge on any atom is -0.493 e. The van der Waals surface area contributed by atoms with Gasteiger partial charge >= 0.3 is 0 Å². The van der Waals surface area contributed by atoms with Gasteiger partial charge in [0.2, 0.25) is 0 Å². The second-order valence-electron chi connectivity index (χ2n) is 7.33. The van der Waals surface area contributed by atoms with Crippen molar-refractivity contribution in [1.82, 2.24) is 15.5 Å². The molecule has 1 aliphatic heterocycles. The number of fused-ring (bicyclic) bond motifs is 1. The number of halogens is 1. The maximum atomic E-state index is 12.4. The number of rotatable bonds is 10. The number of benzene rings is 2. The van der Waals surface area contributed by atoms with Gasteiger partial charge in [0.15, 0.2) is 17.5 Å². The molecule has 0 atom stereocenters. The average Bonchev–Trinajstić information content (AvgIpc) is 3.06. The van der Waals surface area contributed by atoms with Gasteiger partial charge in [-0.05, 0) is 49.6 Å². The highest BCUT2D eigenvalue weighted by atomic mass is 127. The fourth-order valence-corrected chi connectivity index (χ4v) is 3.54. The van der Waals surface area contributed by atoms with Crippen LogP contribution in [0.1, 0.15) is 46.0 Å². The molecule has 0 fully saturated rings. The van der Waals surface area contributed by atoms with Gasteiger partial charge in [0, 0.05) is 19.6 Å². The van der Waals surface area contributed by atoms with Crippen LogP contribution in [0.15, 0.2) is 47.5 Å². The number of carbonyl (C=O) groups is 2. The number of nitrogens with one attached hydrogen (secondary N) is 2. The third-order valence-corrected chi connectivity index (χ3v) is 5.19. The summed E-state index contributed by atoms with van der Waals surface area (Å²) in [7, 11) is 3.22. The molecular formula is C24H31IN4O4. The van der Waals surface area contributed by atoms with Crippen molar-refractivity contribution in [2.45, 2.75) is 26.3 Å². The van der Waals surface area contributed by atoms with Crippen molar-refractivity contribution in [2.24, 2.45) is 4.99 Å². The van der Waals surface area contributed by atoms with E-state index >= 15 is 0 Å². The van der Waals surface area contributed by atoms with Gasteiger partial charge in [-0.25, -0.2) is 4.99 Å². The highest BCUT2D eigenvalue weighted by Gasteiger charge is 2.34. The molecule has 0 aliphatic carbocycles. The molecule has 2 aromatic rings. The lowest BCUT2D eigenvalue weighted by Gasteiger charge is -2.15. The van der Waals surface area contributed by atoms with E-state index < -0.39 is 0 Å². The number of hydrogen-bond donors (Lipinski definition) is 2. The Morgan fingerprint density at radius 1 is 0.939 bits per heavy atom. The lowest BCUT2D eigenvalue weighted by molar-refractivity contribution is 0.0652. The average molecular weight is 566 g/mol. The summed E-state index contributed by atoms with van der Waals surface area (Å²) in [6.07, 6.45) is 1.52. The van der Waals surface area contributed by atoms with Crippen molar-refractivity contribution in [3.8, 4) is 11.5 Å². The Labute approximate surface area is 211 Å². The molecule has 2 aromatic carbocycles. The molecule has 0 spiro atoms. The smallest absolute Gasteiger partial charge is 0.261 e. The fourth-order valence-electron chi connectivity index (χ4n) is 3.54. The maximum Gasteiger partial charge on any atom is 0.261 e. The molecule has 9 heteroatoms. The van der Waals surface area contributed by atoms with E-state index in [0.717, 1.165) is 18.5 Å². The van der Waals surface area contributed by atoms with Crippen molar-refractivity contribution < 1.29 is 19.1 Å². The first-order valence-corrected chi connectivity index (χ1v) is 10.8. The largest absolute Gasteiger partial charge is 0.493 e. The third kappa shape index (κ3) is 6.59. The number of unbranched alkanes of at least 4 members (excludes halogenated alkanes) is 1. The number of guanidine groups is 1. The van der Waals surface area contributed by atoms with Gasteiger partial charge in [-0.3, -0.25) is 14.5 Å². The molecule has 0 saturated heterocycles. The molecular weight excluding hydrogens is 535 g/mol. The van der Waals surface area contributed by atoms with E-state index in [1.807, 2.05) is 25.1 Å². The van der Waals surface area contributed by atoms with Gasteiger partial charge in [0.05, 0.1) is 31.9 Å². The molecule has 33 heavy (non-hydrogen) atoms. The Bertz CT molecular complexity index is 961. The van der Waals surface area contributed by atoms with Crippen molar-refractivity contribution in [2.75, 3.05) is 33.9 Å². The first-order valence-electron chi connectivity index (χ1n) is 10.8. The van der Waals surface area contributed by atoms with Crippen LogP contribution in [0.4, 0.5) is 0 Å². The summed E-state index contributed by atoms with van der Waals surface area (Å²) < 4.78 is 10.6. The Morgan fingerprint density at radius 3 is 2.21 bits per heavy atom. The molecule has 1 heterocycles.